The maximum absolute atomic E-state index is 11.4. The van der Waals surface area contributed by atoms with Gasteiger partial charge in [0.05, 0.1) is 6.61 Å². The first kappa shape index (κ1) is 15.4. The molecule has 0 saturated heterocycles. The number of aliphatic hydroxyl groups is 1. The molecule has 1 rings (SSSR count). The van der Waals surface area contributed by atoms with E-state index in [2.05, 4.69) is 10.1 Å². The Morgan fingerprint density at radius 3 is 2.65 bits per heavy atom. The Balaban J connectivity index is 2.91. The molecule has 0 aromatic heterocycles. The van der Waals surface area contributed by atoms with Crippen LogP contribution in [-0.2, 0) is 19.1 Å². The summed E-state index contributed by atoms with van der Waals surface area (Å²) in [5, 5.41) is 12.3. The summed E-state index contributed by atoms with van der Waals surface area (Å²) in [6, 6.07) is 6.24. The number of anilines is 1. The van der Waals surface area contributed by atoms with E-state index in [1.165, 1.54) is 19.1 Å². The fourth-order valence-corrected chi connectivity index (χ4v) is 1.43. The maximum Gasteiger partial charge on any atom is 0.379 e. The molecule has 0 spiro atoms. The molecule has 2 N–H and O–H groups in total. The predicted molar refractivity (Wildman–Crippen MR) is 73.0 cm³/mol. The van der Waals surface area contributed by atoms with Gasteiger partial charge in [0.15, 0.2) is 0 Å². The third kappa shape index (κ3) is 4.56. The lowest BCUT2D eigenvalue weighted by Crippen LogP contribution is -2.15. The van der Waals surface area contributed by atoms with Crippen LogP contribution < -0.4 is 5.32 Å². The van der Waals surface area contributed by atoms with Crippen molar-refractivity contribution < 1.29 is 24.2 Å². The minimum absolute atomic E-state index is 0.0805. The van der Waals surface area contributed by atoms with Crippen LogP contribution in [0.25, 0.3) is 5.76 Å². The lowest BCUT2D eigenvalue weighted by Gasteiger charge is -2.05. The Morgan fingerprint density at radius 1 is 1.35 bits per heavy atom. The van der Waals surface area contributed by atoms with E-state index in [0.29, 0.717) is 11.3 Å². The van der Waals surface area contributed by atoms with Gasteiger partial charge in [-0.25, -0.2) is 4.79 Å². The Bertz CT molecular complexity index is 562. The average Bonchev–Trinajstić information content (AvgIpc) is 2.38. The van der Waals surface area contributed by atoms with Crippen molar-refractivity contribution in [3.63, 3.8) is 0 Å². The Morgan fingerprint density at radius 2 is 2.05 bits per heavy atom. The molecule has 1 aromatic carbocycles. The topological polar surface area (TPSA) is 92.7 Å². The zero-order valence-electron chi connectivity index (χ0n) is 11.2. The zero-order chi connectivity index (χ0) is 15.1. The van der Waals surface area contributed by atoms with Crippen molar-refractivity contribution in [2.45, 2.75) is 13.8 Å². The largest absolute Gasteiger partial charge is 0.507 e. The number of hydrogen-bond donors (Lipinski definition) is 2. The van der Waals surface area contributed by atoms with E-state index in [4.69, 9.17) is 0 Å². The van der Waals surface area contributed by atoms with Gasteiger partial charge in [0, 0.05) is 24.3 Å². The molecule has 20 heavy (non-hydrogen) atoms. The van der Waals surface area contributed by atoms with Crippen molar-refractivity contribution in [1.29, 1.82) is 0 Å². The number of hydrogen-bond acceptors (Lipinski definition) is 5. The third-order valence-corrected chi connectivity index (χ3v) is 2.22. The number of esters is 1. The molecule has 0 aliphatic rings. The highest BCUT2D eigenvalue weighted by atomic mass is 16.5. The van der Waals surface area contributed by atoms with E-state index in [0.717, 1.165) is 6.08 Å². The van der Waals surface area contributed by atoms with Crippen molar-refractivity contribution >= 4 is 29.1 Å². The molecule has 6 nitrogen and oxygen atoms in total. The fourth-order valence-electron chi connectivity index (χ4n) is 1.43. The van der Waals surface area contributed by atoms with E-state index in [9.17, 15) is 19.5 Å². The molecule has 0 saturated carbocycles. The van der Waals surface area contributed by atoms with Gasteiger partial charge < -0.3 is 15.2 Å². The summed E-state index contributed by atoms with van der Waals surface area (Å²) in [6.45, 7) is 3.01. The van der Waals surface area contributed by atoms with Crippen LogP contribution in [0, 0.1) is 0 Å². The summed E-state index contributed by atoms with van der Waals surface area (Å²) in [5.41, 5.74) is 0.771. The summed E-state index contributed by atoms with van der Waals surface area (Å²) < 4.78 is 4.52. The second kappa shape index (κ2) is 7.08. The summed E-state index contributed by atoms with van der Waals surface area (Å²) in [7, 11) is 0. The second-order valence-corrected chi connectivity index (χ2v) is 3.88. The molecule has 0 fully saturated rings. The van der Waals surface area contributed by atoms with Crippen molar-refractivity contribution in [3.05, 3.63) is 35.9 Å². The van der Waals surface area contributed by atoms with Gasteiger partial charge in [0.25, 0.3) is 5.78 Å². The SMILES string of the molecule is CCOC(=O)C(=O)/C=C(\O)c1cccc(NC(C)=O)c1. The van der Waals surface area contributed by atoms with Crippen LogP contribution in [0.3, 0.4) is 0 Å². The highest BCUT2D eigenvalue weighted by Crippen LogP contribution is 2.16. The monoisotopic (exact) mass is 277 g/mol. The molecule has 0 heterocycles. The lowest BCUT2D eigenvalue weighted by atomic mass is 10.1. The number of nitrogens with one attached hydrogen (secondary N) is 1. The van der Waals surface area contributed by atoms with Crippen molar-refractivity contribution in [2.24, 2.45) is 0 Å². The second-order valence-electron chi connectivity index (χ2n) is 3.88. The number of ketones is 1. The van der Waals surface area contributed by atoms with Crippen LogP contribution >= 0.6 is 0 Å². The minimum Gasteiger partial charge on any atom is -0.507 e. The number of amides is 1. The van der Waals surface area contributed by atoms with Crippen molar-refractivity contribution in [2.75, 3.05) is 11.9 Å². The molecule has 0 radical (unpaired) electrons. The molecule has 0 bridgehead atoms. The smallest absolute Gasteiger partial charge is 0.379 e. The van der Waals surface area contributed by atoms with Crippen LogP contribution in [0.15, 0.2) is 30.3 Å². The van der Waals surface area contributed by atoms with Gasteiger partial charge in [-0.05, 0) is 19.1 Å². The molecular weight excluding hydrogens is 262 g/mol. The number of rotatable bonds is 5. The minimum atomic E-state index is -1.03. The summed E-state index contributed by atoms with van der Waals surface area (Å²) in [6.07, 6.45) is 0.783. The highest BCUT2D eigenvalue weighted by molar-refractivity contribution is 6.39. The highest BCUT2D eigenvalue weighted by Gasteiger charge is 2.13. The molecule has 0 aliphatic heterocycles. The van der Waals surface area contributed by atoms with Gasteiger partial charge in [-0.15, -0.1) is 0 Å². The van der Waals surface area contributed by atoms with Crippen LogP contribution in [0.2, 0.25) is 0 Å². The number of aliphatic hydroxyl groups excluding tert-OH is 1. The standard InChI is InChI=1S/C14H15NO5/c1-3-20-14(19)13(18)8-12(17)10-5-4-6-11(7-10)15-9(2)16/h4-8,17H,3H2,1-2H3,(H,15,16)/b12-8-. The first-order valence-electron chi connectivity index (χ1n) is 5.93. The van der Waals surface area contributed by atoms with E-state index in [-0.39, 0.29) is 18.3 Å². The Hall–Kier alpha value is -2.63. The zero-order valence-corrected chi connectivity index (χ0v) is 11.2. The van der Waals surface area contributed by atoms with Gasteiger partial charge in [-0.2, -0.15) is 0 Å². The molecule has 0 unspecified atom stereocenters. The molecule has 1 amide bonds. The summed E-state index contributed by atoms with van der Waals surface area (Å²) in [4.78, 5) is 33.5. The summed E-state index contributed by atoms with van der Waals surface area (Å²) in [5.74, 6) is -2.62. The normalized spacial score (nSPS) is 10.8. The van der Waals surface area contributed by atoms with Gasteiger partial charge in [-0.1, -0.05) is 12.1 Å². The average molecular weight is 277 g/mol. The molecular formula is C14H15NO5. The summed E-state index contributed by atoms with van der Waals surface area (Å²) >= 11 is 0. The van der Waals surface area contributed by atoms with Gasteiger partial charge in [0.1, 0.15) is 5.76 Å². The van der Waals surface area contributed by atoms with Crippen LogP contribution in [-0.4, -0.2) is 29.4 Å². The first-order chi connectivity index (χ1) is 9.43. The van der Waals surface area contributed by atoms with Gasteiger partial charge in [-0.3, -0.25) is 9.59 Å². The number of ether oxygens (including phenoxy) is 1. The Kier molecular flexibility index (Phi) is 5.46. The molecule has 1 aromatic rings. The van der Waals surface area contributed by atoms with Crippen LogP contribution in [0.5, 0.6) is 0 Å². The first-order valence-corrected chi connectivity index (χ1v) is 5.93. The number of carbonyl (C=O) groups excluding carboxylic acids is 3. The number of carbonyl (C=O) groups is 3. The fraction of sp³-hybridized carbons (Fsp3) is 0.214. The number of benzene rings is 1. The van der Waals surface area contributed by atoms with E-state index in [1.54, 1.807) is 19.1 Å². The van der Waals surface area contributed by atoms with E-state index >= 15 is 0 Å². The predicted octanol–water partition coefficient (Wildman–Crippen LogP) is 1.68. The van der Waals surface area contributed by atoms with Crippen LogP contribution in [0.4, 0.5) is 5.69 Å². The molecule has 6 heteroatoms. The quantitative estimate of drug-likeness (QED) is 0.369. The molecule has 0 atom stereocenters. The molecule has 106 valence electrons. The molecule has 0 aliphatic carbocycles. The van der Waals surface area contributed by atoms with Crippen molar-refractivity contribution in [3.8, 4) is 0 Å². The lowest BCUT2D eigenvalue weighted by molar-refractivity contribution is -0.151. The van der Waals surface area contributed by atoms with E-state index in [1.807, 2.05) is 0 Å². The van der Waals surface area contributed by atoms with E-state index < -0.39 is 11.8 Å². The Labute approximate surface area is 116 Å². The van der Waals surface area contributed by atoms with Gasteiger partial charge in [0.2, 0.25) is 5.91 Å². The van der Waals surface area contributed by atoms with Crippen molar-refractivity contribution in [1.82, 2.24) is 0 Å². The third-order valence-electron chi connectivity index (χ3n) is 2.22. The van der Waals surface area contributed by atoms with Gasteiger partial charge >= 0.3 is 5.97 Å². The van der Waals surface area contributed by atoms with Crippen LogP contribution in [0.1, 0.15) is 19.4 Å². The maximum atomic E-state index is 11.4.